The highest BCUT2D eigenvalue weighted by Crippen LogP contribution is 2.25. The van der Waals surface area contributed by atoms with Crippen LogP contribution in [0.5, 0.6) is 0 Å². The van der Waals surface area contributed by atoms with Crippen LogP contribution in [0.2, 0.25) is 0 Å². The van der Waals surface area contributed by atoms with Crippen molar-refractivity contribution >= 4 is 5.97 Å². The van der Waals surface area contributed by atoms with E-state index in [4.69, 9.17) is 10.4 Å². The summed E-state index contributed by atoms with van der Waals surface area (Å²) in [5, 5.41) is 16.4. The normalized spacial score (nSPS) is 13.6. The van der Waals surface area contributed by atoms with Gasteiger partial charge in [-0.25, -0.2) is 4.89 Å². The largest absolute Gasteiger partial charge is 0.481 e. The molecular weight excluding hydrogens is 220 g/mol. The predicted octanol–water partition coefficient (Wildman–Crippen LogP) is 3.81. The Morgan fingerprint density at radius 2 is 1.53 bits per heavy atom. The molecule has 104 valence electrons. The van der Waals surface area contributed by atoms with E-state index in [1.165, 1.54) is 0 Å². The summed E-state index contributed by atoms with van der Waals surface area (Å²) in [5.41, 5.74) is -0.158. The van der Waals surface area contributed by atoms with Crippen LogP contribution in [-0.2, 0) is 9.68 Å². The minimum atomic E-state index is -0.693. The average molecular weight is 248 g/mol. The summed E-state index contributed by atoms with van der Waals surface area (Å²) in [7, 11) is 0. The van der Waals surface area contributed by atoms with Crippen molar-refractivity contribution < 1.29 is 20.0 Å². The van der Waals surface area contributed by atoms with E-state index in [2.05, 4.69) is 25.7 Å². The Bertz CT molecular complexity index is 210. The molecule has 4 nitrogen and oxygen atoms in total. The van der Waals surface area contributed by atoms with E-state index >= 15 is 0 Å². The summed E-state index contributed by atoms with van der Waals surface area (Å²) < 4.78 is 0. The van der Waals surface area contributed by atoms with Crippen molar-refractivity contribution in [2.45, 2.75) is 66.9 Å². The third-order valence-corrected chi connectivity index (χ3v) is 1.76. The van der Waals surface area contributed by atoms with E-state index < -0.39 is 11.6 Å². The van der Waals surface area contributed by atoms with E-state index in [1.807, 2.05) is 6.92 Å². The fraction of sp³-hybridized carbons (Fsp3) is 0.923. The van der Waals surface area contributed by atoms with Crippen molar-refractivity contribution in [2.24, 2.45) is 11.3 Å². The maximum absolute atomic E-state index is 10.3. The summed E-state index contributed by atoms with van der Waals surface area (Å²) in [4.78, 5) is 14.2. The van der Waals surface area contributed by atoms with Gasteiger partial charge in [0.05, 0.1) is 5.60 Å². The summed E-state index contributed by atoms with van der Waals surface area (Å²) in [5.74, 6) is -0.408. The van der Waals surface area contributed by atoms with Gasteiger partial charge in [-0.05, 0) is 38.5 Å². The van der Waals surface area contributed by atoms with Gasteiger partial charge in [0.1, 0.15) is 0 Å². The van der Waals surface area contributed by atoms with Gasteiger partial charge in [0.2, 0.25) is 0 Å². The second kappa shape index (κ2) is 7.67. The van der Waals surface area contributed by atoms with Crippen molar-refractivity contribution in [3.05, 3.63) is 0 Å². The summed E-state index contributed by atoms with van der Waals surface area (Å²) in [6, 6.07) is 0. The van der Waals surface area contributed by atoms with Crippen molar-refractivity contribution in [1.82, 2.24) is 0 Å². The van der Waals surface area contributed by atoms with E-state index in [9.17, 15) is 4.79 Å². The molecule has 0 aliphatic carbocycles. The van der Waals surface area contributed by atoms with E-state index in [1.54, 1.807) is 20.8 Å². The number of hydrogen-bond acceptors (Lipinski definition) is 3. The average Bonchev–Trinajstić information content (AvgIpc) is 1.98. The van der Waals surface area contributed by atoms with E-state index in [0.29, 0.717) is 0 Å². The zero-order chi connectivity index (χ0) is 14.3. The zero-order valence-corrected chi connectivity index (χ0v) is 12.2. The van der Waals surface area contributed by atoms with Crippen LogP contribution < -0.4 is 0 Å². The molecule has 0 saturated heterocycles. The monoisotopic (exact) mass is 248 g/mol. The standard InChI is InChI=1S/C9H18O2.C4H10O2/c1-7(5-8(10)11)6-9(2,3)4;1-4(2,3)6-5/h7H,5-6H2,1-4H3,(H,10,11);5H,1-3H3. The quantitative estimate of drug-likeness (QED) is 0.588. The predicted molar refractivity (Wildman–Crippen MR) is 69.0 cm³/mol. The number of carboxylic acid groups (broad SMARTS) is 1. The molecule has 2 N–H and O–H groups in total. The maximum Gasteiger partial charge on any atom is 0.303 e. The molecule has 0 aromatic heterocycles. The number of hydrogen-bond donors (Lipinski definition) is 2. The van der Waals surface area contributed by atoms with Gasteiger partial charge in [0, 0.05) is 6.42 Å². The highest BCUT2D eigenvalue weighted by Gasteiger charge is 2.16. The van der Waals surface area contributed by atoms with Crippen molar-refractivity contribution in [2.75, 3.05) is 0 Å². The third kappa shape index (κ3) is 21.3. The Kier molecular flexibility index (Phi) is 8.45. The number of carboxylic acids is 1. The van der Waals surface area contributed by atoms with Gasteiger partial charge in [-0.2, -0.15) is 0 Å². The van der Waals surface area contributed by atoms with Gasteiger partial charge in [0.15, 0.2) is 0 Å². The lowest BCUT2D eigenvalue weighted by molar-refractivity contribution is -0.306. The molecule has 0 bridgehead atoms. The summed E-state index contributed by atoms with van der Waals surface area (Å²) in [6.07, 6.45) is 1.26. The lowest BCUT2D eigenvalue weighted by Gasteiger charge is -2.21. The fourth-order valence-electron chi connectivity index (χ4n) is 1.42. The second-order valence-corrected chi connectivity index (χ2v) is 6.67. The SMILES string of the molecule is CC(C)(C)OO.CC(CC(=O)O)CC(C)(C)C. The van der Waals surface area contributed by atoms with E-state index in [0.717, 1.165) is 6.42 Å². The zero-order valence-electron chi connectivity index (χ0n) is 12.2. The molecule has 4 heteroatoms. The van der Waals surface area contributed by atoms with Crippen LogP contribution in [0.3, 0.4) is 0 Å². The topological polar surface area (TPSA) is 66.8 Å². The Labute approximate surface area is 105 Å². The molecule has 0 aromatic carbocycles. The van der Waals surface area contributed by atoms with Crippen LogP contribution in [0.25, 0.3) is 0 Å². The Morgan fingerprint density at radius 1 is 1.18 bits per heavy atom. The highest BCUT2D eigenvalue weighted by atomic mass is 17.1. The van der Waals surface area contributed by atoms with Gasteiger partial charge in [0.25, 0.3) is 0 Å². The van der Waals surface area contributed by atoms with Gasteiger partial charge in [-0.1, -0.05) is 27.7 Å². The molecule has 0 saturated carbocycles. The molecule has 0 rings (SSSR count). The molecule has 0 aliphatic heterocycles. The lowest BCUT2D eigenvalue weighted by atomic mass is 9.84. The molecule has 17 heavy (non-hydrogen) atoms. The van der Waals surface area contributed by atoms with Crippen molar-refractivity contribution in [3.8, 4) is 0 Å². The molecule has 0 amide bonds. The molecule has 1 unspecified atom stereocenters. The fourth-order valence-corrected chi connectivity index (χ4v) is 1.42. The van der Waals surface area contributed by atoms with Gasteiger partial charge < -0.3 is 5.11 Å². The molecule has 0 heterocycles. The third-order valence-electron chi connectivity index (χ3n) is 1.76. The van der Waals surface area contributed by atoms with Crippen LogP contribution in [0, 0.1) is 11.3 Å². The van der Waals surface area contributed by atoms with Crippen molar-refractivity contribution in [3.63, 3.8) is 0 Å². The molecule has 0 spiro atoms. The van der Waals surface area contributed by atoms with Crippen LogP contribution in [0.4, 0.5) is 0 Å². The lowest BCUT2D eigenvalue weighted by Crippen LogP contribution is -2.15. The van der Waals surface area contributed by atoms with Gasteiger partial charge in [-0.3, -0.25) is 10.1 Å². The molecule has 0 aliphatic rings. The second-order valence-electron chi connectivity index (χ2n) is 6.67. The highest BCUT2D eigenvalue weighted by molar-refractivity contribution is 5.66. The molecule has 0 fully saturated rings. The Morgan fingerprint density at radius 3 is 1.71 bits per heavy atom. The van der Waals surface area contributed by atoms with Crippen LogP contribution in [0.15, 0.2) is 0 Å². The molecule has 0 radical (unpaired) electrons. The molecule has 1 atom stereocenters. The number of rotatable bonds is 3. The summed E-state index contributed by atoms with van der Waals surface area (Å²) >= 11 is 0. The maximum atomic E-state index is 10.3. The number of aliphatic carboxylic acids is 1. The first kappa shape index (κ1) is 18.7. The minimum Gasteiger partial charge on any atom is -0.481 e. The molecule has 0 aromatic rings. The molecular formula is C13H28O4. The summed E-state index contributed by atoms with van der Waals surface area (Å²) in [6.45, 7) is 13.7. The smallest absolute Gasteiger partial charge is 0.303 e. The first-order chi connectivity index (χ1) is 7.37. The minimum absolute atomic E-state index is 0.245. The first-order valence-electron chi connectivity index (χ1n) is 5.92. The first-order valence-corrected chi connectivity index (χ1v) is 5.92. The van der Waals surface area contributed by atoms with E-state index in [-0.39, 0.29) is 17.8 Å². The van der Waals surface area contributed by atoms with Crippen LogP contribution >= 0.6 is 0 Å². The van der Waals surface area contributed by atoms with Crippen molar-refractivity contribution in [1.29, 1.82) is 0 Å². The van der Waals surface area contributed by atoms with Gasteiger partial charge >= 0.3 is 5.97 Å². The van der Waals surface area contributed by atoms with Crippen LogP contribution in [0.1, 0.15) is 61.3 Å². The Hall–Kier alpha value is -0.610. The van der Waals surface area contributed by atoms with Crippen LogP contribution in [-0.4, -0.2) is 21.9 Å². The van der Waals surface area contributed by atoms with Gasteiger partial charge in [-0.15, -0.1) is 0 Å². The number of carbonyl (C=O) groups is 1. The Balaban J connectivity index is 0.